The van der Waals surface area contributed by atoms with E-state index in [9.17, 15) is 9.00 Å². The standard InChI is InChI=1S/C15H14O3S/c16-9-13-5-6-14(18-13)10-19(17)15-7-4-11-2-1-3-12(11)8-15/h4-9H,1-3,10H2. The molecule has 1 aliphatic carbocycles. The van der Waals surface area contributed by atoms with Crippen molar-refractivity contribution in [3.05, 3.63) is 53.0 Å². The van der Waals surface area contributed by atoms with E-state index in [2.05, 4.69) is 6.07 Å². The van der Waals surface area contributed by atoms with E-state index in [1.54, 1.807) is 12.1 Å². The lowest BCUT2D eigenvalue weighted by Gasteiger charge is -2.04. The number of aryl methyl sites for hydroxylation is 2. The second-order valence-electron chi connectivity index (χ2n) is 4.70. The monoisotopic (exact) mass is 274 g/mol. The van der Waals surface area contributed by atoms with Crippen molar-refractivity contribution in [2.75, 3.05) is 0 Å². The molecule has 0 bridgehead atoms. The minimum atomic E-state index is -1.13. The fourth-order valence-electron chi connectivity index (χ4n) is 2.44. The van der Waals surface area contributed by atoms with Gasteiger partial charge in [-0.1, -0.05) is 6.07 Å². The van der Waals surface area contributed by atoms with E-state index in [1.807, 2.05) is 12.1 Å². The lowest BCUT2D eigenvalue weighted by atomic mass is 10.1. The molecule has 0 aliphatic heterocycles. The van der Waals surface area contributed by atoms with Gasteiger partial charge in [-0.3, -0.25) is 9.00 Å². The van der Waals surface area contributed by atoms with Gasteiger partial charge in [0.05, 0.1) is 16.6 Å². The highest BCUT2D eigenvalue weighted by molar-refractivity contribution is 7.84. The summed E-state index contributed by atoms with van der Waals surface area (Å²) >= 11 is 0. The Bertz CT molecular complexity index is 643. The first-order valence-electron chi connectivity index (χ1n) is 6.30. The van der Waals surface area contributed by atoms with E-state index >= 15 is 0 Å². The first-order chi connectivity index (χ1) is 9.26. The fourth-order valence-corrected chi connectivity index (χ4v) is 3.51. The summed E-state index contributed by atoms with van der Waals surface area (Å²) in [6, 6.07) is 9.36. The summed E-state index contributed by atoms with van der Waals surface area (Å²) in [7, 11) is -1.13. The number of hydrogen-bond donors (Lipinski definition) is 0. The third kappa shape index (κ3) is 2.54. The predicted molar refractivity (Wildman–Crippen MR) is 72.7 cm³/mol. The van der Waals surface area contributed by atoms with Crippen LogP contribution in [0.3, 0.4) is 0 Å². The van der Waals surface area contributed by atoms with Gasteiger partial charge in [0.15, 0.2) is 12.0 Å². The molecule has 0 amide bonds. The third-order valence-corrected chi connectivity index (χ3v) is 4.73. The first-order valence-corrected chi connectivity index (χ1v) is 7.62. The third-order valence-electron chi connectivity index (χ3n) is 3.40. The van der Waals surface area contributed by atoms with E-state index in [0.717, 1.165) is 17.7 Å². The highest BCUT2D eigenvalue weighted by Gasteiger charge is 2.14. The molecule has 0 saturated heterocycles. The molecule has 1 aromatic carbocycles. The second kappa shape index (κ2) is 5.13. The lowest BCUT2D eigenvalue weighted by Crippen LogP contribution is -1.97. The van der Waals surface area contributed by atoms with E-state index in [0.29, 0.717) is 17.8 Å². The summed E-state index contributed by atoms with van der Waals surface area (Å²) in [4.78, 5) is 11.4. The number of hydrogen-bond acceptors (Lipinski definition) is 3. The number of furan rings is 1. The maximum atomic E-state index is 12.3. The maximum absolute atomic E-state index is 12.3. The van der Waals surface area contributed by atoms with Gasteiger partial charge in [0, 0.05) is 4.90 Å². The number of rotatable bonds is 4. The first kappa shape index (κ1) is 12.4. The summed E-state index contributed by atoms with van der Waals surface area (Å²) in [5, 5.41) is 0. The number of aldehydes is 1. The number of fused-ring (bicyclic) bond motifs is 1. The Labute approximate surface area is 114 Å². The fraction of sp³-hybridized carbons (Fsp3) is 0.267. The van der Waals surface area contributed by atoms with Crippen molar-refractivity contribution in [2.24, 2.45) is 0 Å². The molecule has 0 N–H and O–H groups in total. The summed E-state index contributed by atoms with van der Waals surface area (Å²) in [5.41, 5.74) is 2.70. The van der Waals surface area contributed by atoms with Crippen LogP contribution in [-0.2, 0) is 29.4 Å². The Morgan fingerprint density at radius 2 is 2.00 bits per heavy atom. The highest BCUT2D eigenvalue weighted by atomic mass is 32.2. The van der Waals surface area contributed by atoms with Crippen molar-refractivity contribution in [1.82, 2.24) is 0 Å². The van der Waals surface area contributed by atoms with Crippen LogP contribution in [0.15, 0.2) is 39.6 Å². The van der Waals surface area contributed by atoms with Crippen LogP contribution in [0, 0.1) is 0 Å². The molecule has 2 aromatic rings. The van der Waals surface area contributed by atoms with Crippen LogP contribution in [0.2, 0.25) is 0 Å². The topological polar surface area (TPSA) is 47.3 Å². The largest absolute Gasteiger partial charge is 0.457 e. The molecular weight excluding hydrogens is 260 g/mol. The van der Waals surface area contributed by atoms with Gasteiger partial charge in [-0.2, -0.15) is 0 Å². The average Bonchev–Trinajstić information content (AvgIpc) is 3.05. The number of carbonyl (C=O) groups excluding carboxylic acids is 1. The quantitative estimate of drug-likeness (QED) is 0.805. The smallest absolute Gasteiger partial charge is 0.185 e. The van der Waals surface area contributed by atoms with E-state index in [4.69, 9.17) is 4.42 Å². The van der Waals surface area contributed by atoms with Gasteiger partial charge in [0.1, 0.15) is 5.76 Å². The minimum Gasteiger partial charge on any atom is -0.457 e. The van der Waals surface area contributed by atoms with E-state index in [-0.39, 0.29) is 5.76 Å². The molecule has 19 heavy (non-hydrogen) atoms. The number of benzene rings is 1. The van der Waals surface area contributed by atoms with Crippen molar-refractivity contribution < 1.29 is 13.4 Å². The summed E-state index contributed by atoms with van der Waals surface area (Å²) in [6.07, 6.45) is 4.05. The van der Waals surface area contributed by atoms with Crippen molar-refractivity contribution in [3.8, 4) is 0 Å². The molecule has 3 rings (SSSR count). The van der Waals surface area contributed by atoms with Crippen LogP contribution in [0.25, 0.3) is 0 Å². The van der Waals surface area contributed by atoms with Gasteiger partial charge in [0.2, 0.25) is 0 Å². The molecular formula is C15H14O3S. The molecule has 1 heterocycles. The Hall–Kier alpha value is -1.68. The zero-order chi connectivity index (χ0) is 13.2. The molecule has 1 aromatic heterocycles. The van der Waals surface area contributed by atoms with Crippen molar-refractivity contribution >= 4 is 17.1 Å². The summed E-state index contributed by atoms with van der Waals surface area (Å²) < 4.78 is 17.5. The van der Waals surface area contributed by atoms with Crippen LogP contribution in [0.5, 0.6) is 0 Å². The Kier molecular flexibility index (Phi) is 3.34. The Morgan fingerprint density at radius 1 is 1.16 bits per heavy atom. The van der Waals surface area contributed by atoms with Gasteiger partial charge < -0.3 is 4.42 Å². The average molecular weight is 274 g/mol. The Morgan fingerprint density at radius 3 is 2.79 bits per heavy atom. The van der Waals surface area contributed by atoms with Gasteiger partial charge in [0.25, 0.3) is 0 Å². The van der Waals surface area contributed by atoms with Crippen LogP contribution in [0.4, 0.5) is 0 Å². The van der Waals surface area contributed by atoms with Crippen molar-refractivity contribution in [2.45, 2.75) is 29.9 Å². The summed E-state index contributed by atoms with van der Waals surface area (Å²) in [5.74, 6) is 1.17. The van der Waals surface area contributed by atoms with Gasteiger partial charge in [-0.25, -0.2) is 0 Å². The molecule has 0 fully saturated rings. The molecule has 1 atom stereocenters. The number of carbonyl (C=O) groups is 1. The molecule has 1 unspecified atom stereocenters. The second-order valence-corrected chi connectivity index (χ2v) is 6.15. The van der Waals surface area contributed by atoms with Crippen molar-refractivity contribution in [3.63, 3.8) is 0 Å². The molecule has 0 spiro atoms. The maximum Gasteiger partial charge on any atom is 0.185 e. The molecule has 1 aliphatic rings. The van der Waals surface area contributed by atoms with E-state index < -0.39 is 10.8 Å². The molecule has 3 nitrogen and oxygen atoms in total. The predicted octanol–water partition coefficient (Wildman–Crippen LogP) is 2.89. The Balaban J connectivity index is 1.78. The van der Waals surface area contributed by atoms with Crippen LogP contribution in [0.1, 0.15) is 33.9 Å². The SMILES string of the molecule is O=Cc1ccc(CS(=O)c2ccc3c(c2)CCC3)o1. The van der Waals surface area contributed by atoms with Gasteiger partial charge in [-0.05, 0) is 54.7 Å². The van der Waals surface area contributed by atoms with Crippen LogP contribution < -0.4 is 0 Å². The molecule has 0 radical (unpaired) electrons. The van der Waals surface area contributed by atoms with Crippen LogP contribution >= 0.6 is 0 Å². The van der Waals surface area contributed by atoms with Crippen LogP contribution in [-0.4, -0.2) is 10.5 Å². The molecule has 98 valence electrons. The lowest BCUT2D eigenvalue weighted by molar-refractivity contribution is 0.109. The normalized spacial score (nSPS) is 15.2. The summed E-state index contributed by atoms with van der Waals surface area (Å²) in [6.45, 7) is 0. The molecule has 4 heteroatoms. The zero-order valence-electron chi connectivity index (χ0n) is 10.4. The molecule has 0 saturated carbocycles. The van der Waals surface area contributed by atoms with Gasteiger partial charge >= 0.3 is 0 Å². The van der Waals surface area contributed by atoms with E-state index in [1.165, 1.54) is 17.5 Å². The minimum absolute atomic E-state index is 0.279. The van der Waals surface area contributed by atoms with Crippen molar-refractivity contribution in [1.29, 1.82) is 0 Å². The zero-order valence-corrected chi connectivity index (χ0v) is 11.2. The van der Waals surface area contributed by atoms with Gasteiger partial charge in [-0.15, -0.1) is 0 Å². The highest BCUT2D eigenvalue weighted by Crippen LogP contribution is 2.25.